The van der Waals surface area contributed by atoms with Crippen LogP contribution in [-0.2, 0) is 21.0 Å². The zero-order chi connectivity index (χ0) is 20.4. The third-order valence-corrected chi connectivity index (χ3v) is 5.46. The van der Waals surface area contributed by atoms with Gasteiger partial charge in [-0.2, -0.15) is 13.2 Å². The third kappa shape index (κ3) is 5.98. The predicted octanol–water partition coefficient (Wildman–Crippen LogP) is 4.37. The summed E-state index contributed by atoms with van der Waals surface area (Å²) in [6.07, 6.45) is -3.83. The average Bonchev–Trinajstić information content (AvgIpc) is 2.53. The average molecular weight is 533 g/mol. The van der Waals surface area contributed by atoms with Crippen LogP contribution in [0.15, 0.2) is 42.5 Å². The lowest BCUT2D eigenvalue weighted by Crippen LogP contribution is -2.37. The lowest BCUT2D eigenvalue weighted by molar-refractivity contribution is -0.137. The Labute approximate surface area is 172 Å². The van der Waals surface area contributed by atoms with E-state index in [1.807, 2.05) is 22.6 Å². The van der Waals surface area contributed by atoms with Crippen molar-refractivity contribution >= 4 is 61.5 Å². The van der Waals surface area contributed by atoms with E-state index in [0.29, 0.717) is 6.07 Å². The van der Waals surface area contributed by atoms with Gasteiger partial charge in [-0.1, -0.05) is 11.6 Å². The van der Waals surface area contributed by atoms with E-state index in [-0.39, 0.29) is 10.7 Å². The van der Waals surface area contributed by atoms with Crippen molar-refractivity contribution < 1.29 is 26.4 Å². The van der Waals surface area contributed by atoms with Gasteiger partial charge in [0.1, 0.15) is 6.54 Å². The minimum absolute atomic E-state index is 0.142. The van der Waals surface area contributed by atoms with Crippen molar-refractivity contribution in [3.8, 4) is 0 Å². The molecule has 146 valence electrons. The van der Waals surface area contributed by atoms with Gasteiger partial charge in [-0.05, 0) is 65.1 Å². The summed E-state index contributed by atoms with van der Waals surface area (Å²) in [7, 11) is -3.84. The highest BCUT2D eigenvalue weighted by atomic mass is 127. The molecule has 1 amide bonds. The number of benzene rings is 2. The molecule has 0 unspecified atom stereocenters. The van der Waals surface area contributed by atoms with Crippen molar-refractivity contribution in [2.24, 2.45) is 0 Å². The van der Waals surface area contributed by atoms with Crippen molar-refractivity contribution in [3.05, 3.63) is 56.6 Å². The van der Waals surface area contributed by atoms with Gasteiger partial charge in [0.15, 0.2) is 0 Å². The lowest BCUT2D eigenvalue weighted by Gasteiger charge is -2.22. The second-order valence-electron chi connectivity index (χ2n) is 5.48. The zero-order valence-electron chi connectivity index (χ0n) is 13.7. The number of carbonyl (C=O) groups is 1. The Morgan fingerprint density at radius 2 is 1.78 bits per heavy atom. The molecule has 0 bridgehead atoms. The molecule has 0 aliphatic carbocycles. The lowest BCUT2D eigenvalue weighted by atomic mass is 10.1. The van der Waals surface area contributed by atoms with Crippen LogP contribution in [0.1, 0.15) is 5.56 Å². The normalized spacial score (nSPS) is 11.9. The minimum Gasteiger partial charge on any atom is -0.324 e. The number of hydrogen-bond acceptors (Lipinski definition) is 3. The quantitative estimate of drug-likeness (QED) is 0.582. The van der Waals surface area contributed by atoms with Gasteiger partial charge < -0.3 is 5.32 Å². The predicted molar refractivity (Wildman–Crippen MR) is 106 cm³/mol. The fourth-order valence-corrected chi connectivity index (χ4v) is 3.58. The van der Waals surface area contributed by atoms with E-state index in [0.717, 1.165) is 20.2 Å². The van der Waals surface area contributed by atoms with Crippen LogP contribution in [0.4, 0.5) is 24.5 Å². The number of nitrogens with one attached hydrogen (secondary N) is 1. The van der Waals surface area contributed by atoms with Crippen molar-refractivity contribution in [2.45, 2.75) is 6.18 Å². The molecule has 11 heteroatoms. The molecule has 0 spiro atoms. The monoisotopic (exact) mass is 532 g/mol. The molecule has 2 rings (SSSR count). The first-order valence-corrected chi connectivity index (χ1v) is 10.6. The van der Waals surface area contributed by atoms with Crippen LogP contribution in [0.2, 0.25) is 5.02 Å². The molecule has 0 radical (unpaired) electrons. The number of amides is 1. The molecule has 27 heavy (non-hydrogen) atoms. The van der Waals surface area contributed by atoms with Crippen LogP contribution >= 0.6 is 34.2 Å². The summed E-state index contributed by atoms with van der Waals surface area (Å²) in [5.41, 5.74) is -1.41. The smallest absolute Gasteiger partial charge is 0.324 e. The van der Waals surface area contributed by atoms with Gasteiger partial charge in [-0.3, -0.25) is 9.10 Å². The van der Waals surface area contributed by atoms with Crippen LogP contribution < -0.4 is 9.62 Å². The maximum atomic E-state index is 13.1. The fraction of sp³-hybridized carbons (Fsp3) is 0.188. The number of anilines is 2. The standard InChI is InChI=1S/C16H13ClF3IN2O3S/c1-27(25,26)23(12-5-3-11(21)4-6-12)9-15(24)22-14-7-2-10(17)8-13(14)16(18,19)20/h2-8H,9H2,1H3,(H,22,24). The van der Waals surface area contributed by atoms with Gasteiger partial charge in [0.05, 0.1) is 23.2 Å². The molecule has 2 aromatic carbocycles. The molecular formula is C16H13ClF3IN2O3S. The van der Waals surface area contributed by atoms with Gasteiger partial charge in [0.25, 0.3) is 0 Å². The molecule has 2 aromatic rings. The highest BCUT2D eigenvalue weighted by molar-refractivity contribution is 14.1. The Morgan fingerprint density at radius 1 is 1.19 bits per heavy atom. The largest absolute Gasteiger partial charge is 0.418 e. The van der Waals surface area contributed by atoms with Crippen LogP contribution in [0.25, 0.3) is 0 Å². The van der Waals surface area contributed by atoms with Crippen molar-refractivity contribution in [2.75, 3.05) is 22.4 Å². The second-order valence-corrected chi connectivity index (χ2v) is 9.07. The van der Waals surface area contributed by atoms with Crippen LogP contribution in [-0.4, -0.2) is 27.1 Å². The van der Waals surface area contributed by atoms with Gasteiger partial charge in [0.2, 0.25) is 15.9 Å². The Hall–Kier alpha value is -1.53. The summed E-state index contributed by atoms with van der Waals surface area (Å²) in [5, 5.41) is 1.96. The number of halogens is 5. The summed E-state index contributed by atoms with van der Waals surface area (Å²) in [4.78, 5) is 12.3. The molecule has 0 aromatic heterocycles. The van der Waals surface area contributed by atoms with E-state index in [2.05, 4.69) is 5.32 Å². The fourth-order valence-electron chi connectivity index (χ4n) is 2.19. The molecule has 0 atom stereocenters. The van der Waals surface area contributed by atoms with E-state index in [1.165, 1.54) is 18.2 Å². The maximum Gasteiger partial charge on any atom is 0.418 e. The molecular weight excluding hydrogens is 520 g/mol. The molecule has 0 saturated heterocycles. The van der Waals surface area contributed by atoms with Gasteiger partial charge >= 0.3 is 6.18 Å². The number of alkyl halides is 3. The van der Waals surface area contributed by atoms with E-state index >= 15 is 0 Å². The van der Waals surface area contributed by atoms with Crippen molar-refractivity contribution in [1.29, 1.82) is 0 Å². The van der Waals surface area contributed by atoms with Crippen molar-refractivity contribution in [1.82, 2.24) is 0 Å². The molecule has 0 saturated carbocycles. The third-order valence-electron chi connectivity index (χ3n) is 3.36. The highest BCUT2D eigenvalue weighted by Crippen LogP contribution is 2.36. The minimum atomic E-state index is -4.74. The van der Waals surface area contributed by atoms with E-state index < -0.39 is 39.9 Å². The molecule has 0 aliphatic heterocycles. The number of nitrogens with zero attached hydrogens (tertiary/aromatic N) is 1. The highest BCUT2D eigenvalue weighted by Gasteiger charge is 2.34. The Bertz CT molecular complexity index is 950. The summed E-state index contributed by atoms with van der Waals surface area (Å²) in [6.45, 7) is -0.681. The van der Waals surface area contributed by atoms with Crippen molar-refractivity contribution in [3.63, 3.8) is 0 Å². The zero-order valence-corrected chi connectivity index (χ0v) is 17.4. The first kappa shape index (κ1) is 21.8. The first-order chi connectivity index (χ1) is 12.4. The van der Waals surface area contributed by atoms with Crippen LogP contribution in [0.3, 0.4) is 0 Å². The number of carbonyl (C=O) groups excluding carboxylic acids is 1. The Morgan fingerprint density at radius 3 is 2.30 bits per heavy atom. The molecule has 5 nitrogen and oxygen atoms in total. The Kier molecular flexibility index (Phi) is 6.63. The van der Waals surface area contributed by atoms with Gasteiger partial charge in [0, 0.05) is 8.59 Å². The van der Waals surface area contributed by atoms with Crippen LogP contribution in [0, 0.1) is 3.57 Å². The number of rotatable bonds is 5. The summed E-state index contributed by atoms with van der Waals surface area (Å²) >= 11 is 7.63. The van der Waals surface area contributed by atoms with E-state index in [9.17, 15) is 26.4 Å². The maximum absolute atomic E-state index is 13.1. The number of sulfonamides is 1. The van der Waals surface area contributed by atoms with Gasteiger partial charge in [-0.25, -0.2) is 8.42 Å². The number of hydrogen-bond donors (Lipinski definition) is 1. The summed E-state index contributed by atoms with van der Waals surface area (Å²) < 4.78 is 65.1. The molecule has 0 heterocycles. The topological polar surface area (TPSA) is 66.5 Å². The van der Waals surface area contributed by atoms with E-state index in [1.54, 1.807) is 12.1 Å². The van der Waals surface area contributed by atoms with Crippen LogP contribution in [0.5, 0.6) is 0 Å². The molecule has 1 N–H and O–H groups in total. The molecule has 0 aliphatic rings. The Balaban J connectivity index is 2.29. The summed E-state index contributed by atoms with van der Waals surface area (Å²) in [5.74, 6) is -0.924. The van der Waals surface area contributed by atoms with Gasteiger partial charge in [-0.15, -0.1) is 0 Å². The second kappa shape index (κ2) is 8.23. The SMILES string of the molecule is CS(=O)(=O)N(CC(=O)Nc1ccc(Cl)cc1C(F)(F)F)c1ccc(I)cc1. The summed E-state index contributed by atoms with van der Waals surface area (Å²) in [6, 6.07) is 9.18. The van der Waals surface area contributed by atoms with E-state index in [4.69, 9.17) is 11.6 Å². The molecule has 0 fully saturated rings. The first-order valence-electron chi connectivity index (χ1n) is 7.28.